The van der Waals surface area contributed by atoms with E-state index in [0.29, 0.717) is 5.41 Å². The lowest BCUT2D eigenvalue weighted by molar-refractivity contribution is 0.242. The predicted octanol–water partition coefficient (Wildman–Crippen LogP) is 3.84. The van der Waals surface area contributed by atoms with Gasteiger partial charge >= 0.3 is 0 Å². The SMILES string of the molecule is CC(C)(C)CCOc1ccc2c(c1)C(N)CCC2. The lowest BCUT2D eigenvalue weighted by Crippen LogP contribution is -2.17. The van der Waals surface area contributed by atoms with Gasteiger partial charge in [0.25, 0.3) is 0 Å². The van der Waals surface area contributed by atoms with E-state index < -0.39 is 0 Å². The summed E-state index contributed by atoms with van der Waals surface area (Å²) in [5, 5.41) is 0. The van der Waals surface area contributed by atoms with Gasteiger partial charge in [0.1, 0.15) is 5.75 Å². The molecule has 0 fully saturated rings. The predicted molar refractivity (Wildman–Crippen MR) is 75.9 cm³/mol. The Balaban J connectivity index is 2.00. The van der Waals surface area contributed by atoms with Gasteiger partial charge < -0.3 is 10.5 Å². The first-order chi connectivity index (χ1) is 8.46. The fraction of sp³-hybridized carbons (Fsp3) is 0.625. The molecule has 0 bridgehead atoms. The molecule has 2 rings (SSSR count). The molecule has 0 amide bonds. The van der Waals surface area contributed by atoms with E-state index in [1.807, 2.05) is 0 Å². The first-order valence-electron chi connectivity index (χ1n) is 6.97. The highest BCUT2D eigenvalue weighted by molar-refractivity contribution is 5.39. The number of nitrogens with two attached hydrogens (primary N) is 1. The van der Waals surface area contributed by atoms with Gasteiger partial charge in [-0.3, -0.25) is 0 Å². The first-order valence-corrected chi connectivity index (χ1v) is 6.97. The van der Waals surface area contributed by atoms with Crippen molar-refractivity contribution in [2.24, 2.45) is 11.1 Å². The summed E-state index contributed by atoms with van der Waals surface area (Å²) in [6, 6.07) is 6.60. The molecule has 0 aromatic heterocycles. The summed E-state index contributed by atoms with van der Waals surface area (Å²) in [5.74, 6) is 0.968. The summed E-state index contributed by atoms with van der Waals surface area (Å²) in [5.41, 5.74) is 9.17. The van der Waals surface area contributed by atoms with Gasteiger partial charge in [0.2, 0.25) is 0 Å². The van der Waals surface area contributed by atoms with E-state index in [2.05, 4.69) is 39.0 Å². The minimum atomic E-state index is 0.194. The molecule has 1 aliphatic carbocycles. The molecule has 18 heavy (non-hydrogen) atoms. The number of hydrogen-bond donors (Lipinski definition) is 1. The molecule has 1 aromatic rings. The molecule has 1 unspecified atom stereocenters. The van der Waals surface area contributed by atoms with E-state index in [1.165, 1.54) is 17.5 Å². The molecule has 100 valence electrons. The Bertz CT molecular complexity index is 406. The van der Waals surface area contributed by atoms with Crippen molar-refractivity contribution in [2.45, 2.75) is 52.5 Å². The van der Waals surface area contributed by atoms with Crippen molar-refractivity contribution in [3.63, 3.8) is 0 Å². The van der Waals surface area contributed by atoms with Crippen molar-refractivity contribution in [3.8, 4) is 5.75 Å². The van der Waals surface area contributed by atoms with Gasteiger partial charge in [-0.1, -0.05) is 26.8 Å². The molecule has 1 atom stereocenters. The minimum Gasteiger partial charge on any atom is -0.494 e. The summed E-state index contributed by atoms with van der Waals surface area (Å²) < 4.78 is 5.84. The van der Waals surface area contributed by atoms with Gasteiger partial charge in [0.05, 0.1) is 6.61 Å². The summed E-state index contributed by atoms with van der Waals surface area (Å²) >= 11 is 0. The third-order valence-electron chi connectivity index (χ3n) is 3.60. The number of hydrogen-bond acceptors (Lipinski definition) is 2. The number of rotatable bonds is 3. The van der Waals surface area contributed by atoms with Crippen LogP contribution in [0.3, 0.4) is 0 Å². The van der Waals surface area contributed by atoms with Crippen molar-refractivity contribution in [2.75, 3.05) is 6.61 Å². The lowest BCUT2D eigenvalue weighted by atomic mass is 9.88. The zero-order valence-corrected chi connectivity index (χ0v) is 11.8. The van der Waals surface area contributed by atoms with E-state index in [9.17, 15) is 0 Å². The maximum atomic E-state index is 6.16. The van der Waals surface area contributed by atoms with Gasteiger partial charge in [0.15, 0.2) is 0 Å². The van der Waals surface area contributed by atoms with E-state index >= 15 is 0 Å². The number of fused-ring (bicyclic) bond motifs is 1. The van der Waals surface area contributed by atoms with Crippen LogP contribution in [-0.2, 0) is 6.42 Å². The first kappa shape index (κ1) is 13.4. The summed E-state index contributed by atoms with van der Waals surface area (Å²) in [6.07, 6.45) is 4.53. The maximum Gasteiger partial charge on any atom is 0.119 e. The van der Waals surface area contributed by atoms with Crippen molar-refractivity contribution in [3.05, 3.63) is 29.3 Å². The van der Waals surface area contributed by atoms with Gasteiger partial charge in [0, 0.05) is 6.04 Å². The van der Waals surface area contributed by atoms with Crippen molar-refractivity contribution < 1.29 is 4.74 Å². The molecule has 0 heterocycles. The molecule has 2 N–H and O–H groups in total. The third kappa shape index (κ3) is 3.49. The second-order valence-electron chi connectivity index (χ2n) is 6.52. The van der Waals surface area contributed by atoms with Crippen molar-refractivity contribution >= 4 is 0 Å². The second-order valence-corrected chi connectivity index (χ2v) is 6.52. The molecule has 0 radical (unpaired) electrons. The molecular formula is C16H25NO. The zero-order valence-electron chi connectivity index (χ0n) is 11.8. The van der Waals surface area contributed by atoms with Crippen molar-refractivity contribution in [1.29, 1.82) is 0 Å². The van der Waals surface area contributed by atoms with Crippen LogP contribution in [0, 0.1) is 5.41 Å². The Kier molecular flexibility index (Phi) is 3.96. The highest BCUT2D eigenvalue weighted by atomic mass is 16.5. The standard InChI is InChI=1S/C16H25NO/c1-16(2,3)9-10-18-13-8-7-12-5-4-6-15(17)14(12)11-13/h7-8,11,15H,4-6,9-10,17H2,1-3H3. The van der Waals surface area contributed by atoms with Crippen LogP contribution in [0.25, 0.3) is 0 Å². The Labute approximate surface area is 111 Å². The Morgan fingerprint density at radius 3 is 2.83 bits per heavy atom. The topological polar surface area (TPSA) is 35.2 Å². The fourth-order valence-corrected chi connectivity index (χ4v) is 2.38. The van der Waals surface area contributed by atoms with Gasteiger partial charge in [-0.2, -0.15) is 0 Å². The van der Waals surface area contributed by atoms with Crippen LogP contribution in [0.5, 0.6) is 5.75 Å². The maximum absolute atomic E-state index is 6.16. The highest BCUT2D eigenvalue weighted by Gasteiger charge is 2.17. The van der Waals surface area contributed by atoms with Gasteiger partial charge in [-0.15, -0.1) is 0 Å². The summed E-state index contributed by atoms with van der Waals surface area (Å²) in [6.45, 7) is 7.48. The molecular weight excluding hydrogens is 222 g/mol. The largest absolute Gasteiger partial charge is 0.494 e. The fourth-order valence-electron chi connectivity index (χ4n) is 2.38. The van der Waals surface area contributed by atoms with E-state index in [0.717, 1.165) is 31.6 Å². The second kappa shape index (κ2) is 5.31. The molecule has 0 saturated carbocycles. The Morgan fingerprint density at radius 2 is 2.11 bits per heavy atom. The monoisotopic (exact) mass is 247 g/mol. The Hall–Kier alpha value is -1.02. The van der Waals surface area contributed by atoms with Crippen LogP contribution in [0.4, 0.5) is 0 Å². The van der Waals surface area contributed by atoms with Crippen LogP contribution in [-0.4, -0.2) is 6.61 Å². The third-order valence-corrected chi connectivity index (χ3v) is 3.60. The van der Waals surface area contributed by atoms with Gasteiger partial charge in [-0.05, 0) is 54.4 Å². The average Bonchev–Trinajstić information content (AvgIpc) is 2.28. The van der Waals surface area contributed by atoms with Crippen LogP contribution in [0.1, 0.15) is 57.2 Å². The lowest BCUT2D eigenvalue weighted by Gasteiger charge is -2.23. The normalized spacial score (nSPS) is 19.4. The number of ether oxygens (including phenoxy) is 1. The quantitative estimate of drug-likeness (QED) is 0.880. The van der Waals surface area contributed by atoms with Crippen molar-refractivity contribution in [1.82, 2.24) is 0 Å². The zero-order chi connectivity index (χ0) is 13.2. The molecule has 0 saturated heterocycles. The number of aryl methyl sites for hydroxylation is 1. The molecule has 2 heteroatoms. The van der Waals surface area contributed by atoms with Crippen LogP contribution in [0.2, 0.25) is 0 Å². The molecule has 2 nitrogen and oxygen atoms in total. The molecule has 1 aliphatic rings. The Morgan fingerprint density at radius 1 is 1.33 bits per heavy atom. The smallest absolute Gasteiger partial charge is 0.119 e. The molecule has 0 spiro atoms. The molecule has 0 aliphatic heterocycles. The summed E-state index contributed by atoms with van der Waals surface area (Å²) in [7, 11) is 0. The van der Waals surface area contributed by atoms with E-state index in [4.69, 9.17) is 10.5 Å². The highest BCUT2D eigenvalue weighted by Crippen LogP contribution is 2.31. The minimum absolute atomic E-state index is 0.194. The number of benzene rings is 1. The van der Waals surface area contributed by atoms with Crippen LogP contribution < -0.4 is 10.5 Å². The van der Waals surface area contributed by atoms with E-state index in [-0.39, 0.29) is 6.04 Å². The van der Waals surface area contributed by atoms with E-state index in [1.54, 1.807) is 0 Å². The van der Waals surface area contributed by atoms with Crippen LogP contribution >= 0.6 is 0 Å². The molecule has 1 aromatic carbocycles. The van der Waals surface area contributed by atoms with Gasteiger partial charge in [-0.25, -0.2) is 0 Å². The summed E-state index contributed by atoms with van der Waals surface area (Å²) in [4.78, 5) is 0. The average molecular weight is 247 g/mol. The van der Waals surface area contributed by atoms with Crippen LogP contribution in [0.15, 0.2) is 18.2 Å².